The standard InChI is InChI=1S/C12H11ClN2O3/c1-7-9(6-18-15-7)12(16)14-8-3-4-11(17-2)10(13)5-8/h3-6H,1-2H3,(H,14,16). The number of halogens is 1. The molecule has 0 unspecified atom stereocenters. The van der Waals surface area contributed by atoms with Gasteiger partial charge in [-0.25, -0.2) is 0 Å². The molecule has 0 aliphatic carbocycles. The van der Waals surface area contributed by atoms with E-state index in [1.54, 1.807) is 25.1 Å². The summed E-state index contributed by atoms with van der Waals surface area (Å²) in [6.07, 6.45) is 1.30. The second-order valence-electron chi connectivity index (χ2n) is 3.62. The first-order valence-electron chi connectivity index (χ1n) is 5.17. The average molecular weight is 267 g/mol. The van der Waals surface area contributed by atoms with Gasteiger partial charge in [0.25, 0.3) is 5.91 Å². The summed E-state index contributed by atoms with van der Waals surface area (Å²) in [5, 5.41) is 6.77. The normalized spacial score (nSPS) is 10.2. The Bertz CT molecular complexity index is 580. The van der Waals surface area contributed by atoms with Crippen molar-refractivity contribution in [1.29, 1.82) is 0 Å². The SMILES string of the molecule is COc1ccc(NC(=O)c2conc2C)cc1Cl. The van der Waals surface area contributed by atoms with E-state index in [1.165, 1.54) is 13.4 Å². The Morgan fingerprint density at radius 3 is 2.83 bits per heavy atom. The highest BCUT2D eigenvalue weighted by Crippen LogP contribution is 2.27. The van der Waals surface area contributed by atoms with E-state index in [0.717, 1.165) is 0 Å². The number of benzene rings is 1. The van der Waals surface area contributed by atoms with E-state index in [9.17, 15) is 4.79 Å². The predicted molar refractivity (Wildman–Crippen MR) is 67.2 cm³/mol. The first kappa shape index (κ1) is 12.4. The fraction of sp³-hybridized carbons (Fsp3) is 0.167. The van der Waals surface area contributed by atoms with E-state index in [0.29, 0.717) is 27.7 Å². The zero-order valence-corrected chi connectivity index (χ0v) is 10.6. The molecule has 0 atom stereocenters. The predicted octanol–water partition coefficient (Wildman–Crippen LogP) is 2.90. The summed E-state index contributed by atoms with van der Waals surface area (Å²) in [7, 11) is 1.53. The molecule has 5 nitrogen and oxygen atoms in total. The number of nitrogens with zero attached hydrogens (tertiary/aromatic N) is 1. The number of ether oxygens (including phenoxy) is 1. The van der Waals surface area contributed by atoms with Gasteiger partial charge in [-0.15, -0.1) is 0 Å². The van der Waals surface area contributed by atoms with Crippen LogP contribution in [0.15, 0.2) is 29.0 Å². The number of methoxy groups -OCH3 is 1. The molecule has 0 spiro atoms. The molecule has 1 aromatic carbocycles. The van der Waals surface area contributed by atoms with E-state index in [1.807, 2.05) is 0 Å². The molecule has 0 aliphatic heterocycles. The molecule has 0 bridgehead atoms. The number of anilines is 1. The Balaban J connectivity index is 2.17. The number of carbonyl (C=O) groups excluding carboxylic acids is 1. The van der Waals surface area contributed by atoms with Gasteiger partial charge in [0.2, 0.25) is 0 Å². The number of hydrogen-bond donors (Lipinski definition) is 1. The Labute approximate surface area is 109 Å². The zero-order chi connectivity index (χ0) is 13.1. The number of aryl methyl sites for hydroxylation is 1. The van der Waals surface area contributed by atoms with E-state index in [2.05, 4.69) is 10.5 Å². The first-order valence-corrected chi connectivity index (χ1v) is 5.55. The molecule has 2 aromatic rings. The molecule has 0 radical (unpaired) electrons. The highest BCUT2D eigenvalue weighted by Gasteiger charge is 2.13. The Morgan fingerprint density at radius 2 is 2.28 bits per heavy atom. The molecule has 18 heavy (non-hydrogen) atoms. The lowest BCUT2D eigenvalue weighted by Gasteiger charge is -2.07. The van der Waals surface area contributed by atoms with Crippen LogP contribution >= 0.6 is 11.6 Å². The molecule has 0 saturated carbocycles. The third kappa shape index (κ3) is 2.46. The van der Waals surface area contributed by atoms with E-state index >= 15 is 0 Å². The van der Waals surface area contributed by atoms with Gasteiger partial charge in [0, 0.05) is 5.69 Å². The van der Waals surface area contributed by atoms with Crippen molar-refractivity contribution >= 4 is 23.2 Å². The lowest BCUT2D eigenvalue weighted by atomic mass is 10.2. The summed E-state index contributed by atoms with van der Waals surface area (Å²) in [5.41, 5.74) is 1.50. The molecule has 0 saturated heterocycles. The van der Waals surface area contributed by atoms with Crippen molar-refractivity contribution in [1.82, 2.24) is 5.16 Å². The van der Waals surface area contributed by atoms with Crippen LogP contribution in [-0.2, 0) is 0 Å². The first-order chi connectivity index (χ1) is 8.61. The summed E-state index contributed by atoms with van der Waals surface area (Å²) < 4.78 is 9.73. The van der Waals surface area contributed by atoms with Crippen LogP contribution in [-0.4, -0.2) is 18.2 Å². The lowest BCUT2D eigenvalue weighted by molar-refractivity contribution is 0.102. The lowest BCUT2D eigenvalue weighted by Crippen LogP contribution is -2.12. The number of nitrogens with one attached hydrogen (secondary N) is 1. The van der Waals surface area contributed by atoms with Crippen LogP contribution in [0.25, 0.3) is 0 Å². The molecule has 1 heterocycles. The fourth-order valence-electron chi connectivity index (χ4n) is 1.45. The summed E-state index contributed by atoms with van der Waals surface area (Å²) >= 11 is 5.96. The van der Waals surface area contributed by atoms with Crippen LogP contribution in [0.3, 0.4) is 0 Å². The summed E-state index contributed by atoms with van der Waals surface area (Å²) in [5.74, 6) is 0.255. The molecule has 0 fully saturated rings. The maximum absolute atomic E-state index is 11.9. The highest BCUT2D eigenvalue weighted by molar-refractivity contribution is 6.32. The van der Waals surface area contributed by atoms with Crippen molar-refractivity contribution < 1.29 is 14.1 Å². The molecule has 94 valence electrons. The number of carbonyl (C=O) groups is 1. The molecule has 2 rings (SSSR count). The number of aromatic nitrogens is 1. The fourth-order valence-corrected chi connectivity index (χ4v) is 1.71. The Kier molecular flexibility index (Phi) is 3.53. The van der Waals surface area contributed by atoms with Gasteiger partial charge in [-0.1, -0.05) is 16.8 Å². The van der Waals surface area contributed by atoms with Crippen LogP contribution in [0.1, 0.15) is 16.1 Å². The van der Waals surface area contributed by atoms with Gasteiger partial charge in [-0.05, 0) is 25.1 Å². The molecular formula is C12H11ClN2O3. The third-order valence-corrected chi connectivity index (χ3v) is 2.70. The molecule has 1 aromatic heterocycles. The summed E-state index contributed by atoms with van der Waals surface area (Å²) in [6.45, 7) is 1.69. The van der Waals surface area contributed by atoms with Crippen LogP contribution in [0, 0.1) is 6.92 Å². The number of rotatable bonds is 3. The topological polar surface area (TPSA) is 64.4 Å². The van der Waals surface area contributed by atoms with E-state index in [-0.39, 0.29) is 5.91 Å². The third-order valence-electron chi connectivity index (χ3n) is 2.40. The highest BCUT2D eigenvalue weighted by atomic mass is 35.5. The van der Waals surface area contributed by atoms with Gasteiger partial charge >= 0.3 is 0 Å². The smallest absolute Gasteiger partial charge is 0.260 e. The van der Waals surface area contributed by atoms with Crippen LogP contribution in [0.2, 0.25) is 5.02 Å². The minimum absolute atomic E-state index is 0.296. The molecule has 1 amide bonds. The number of amides is 1. The van der Waals surface area contributed by atoms with Crippen molar-refractivity contribution in [2.45, 2.75) is 6.92 Å². The maximum Gasteiger partial charge on any atom is 0.260 e. The minimum atomic E-state index is -0.296. The largest absolute Gasteiger partial charge is 0.495 e. The van der Waals surface area contributed by atoms with Crippen molar-refractivity contribution in [2.24, 2.45) is 0 Å². The van der Waals surface area contributed by atoms with Crippen molar-refractivity contribution in [3.63, 3.8) is 0 Å². The van der Waals surface area contributed by atoms with Gasteiger partial charge < -0.3 is 14.6 Å². The minimum Gasteiger partial charge on any atom is -0.495 e. The van der Waals surface area contributed by atoms with Gasteiger partial charge in [0.05, 0.1) is 17.8 Å². The maximum atomic E-state index is 11.9. The Hall–Kier alpha value is -2.01. The molecule has 6 heteroatoms. The number of hydrogen-bond acceptors (Lipinski definition) is 4. The van der Waals surface area contributed by atoms with Crippen LogP contribution in [0.4, 0.5) is 5.69 Å². The van der Waals surface area contributed by atoms with E-state index in [4.69, 9.17) is 20.9 Å². The quantitative estimate of drug-likeness (QED) is 0.928. The van der Waals surface area contributed by atoms with E-state index < -0.39 is 0 Å². The van der Waals surface area contributed by atoms with Crippen molar-refractivity contribution in [3.8, 4) is 5.75 Å². The Morgan fingerprint density at radius 1 is 1.50 bits per heavy atom. The second-order valence-corrected chi connectivity index (χ2v) is 4.02. The van der Waals surface area contributed by atoms with Crippen molar-refractivity contribution in [2.75, 3.05) is 12.4 Å². The van der Waals surface area contributed by atoms with Crippen LogP contribution in [0.5, 0.6) is 5.75 Å². The summed E-state index contributed by atoms with van der Waals surface area (Å²) in [6, 6.07) is 4.99. The van der Waals surface area contributed by atoms with Crippen molar-refractivity contribution in [3.05, 3.63) is 40.7 Å². The monoisotopic (exact) mass is 266 g/mol. The van der Waals surface area contributed by atoms with Crippen LogP contribution < -0.4 is 10.1 Å². The van der Waals surface area contributed by atoms with Gasteiger partial charge in [-0.2, -0.15) is 0 Å². The average Bonchev–Trinajstić information content (AvgIpc) is 2.76. The molecule has 1 N–H and O–H groups in total. The molecular weight excluding hydrogens is 256 g/mol. The van der Waals surface area contributed by atoms with Gasteiger partial charge in [0.1, 0.15) is 17.6 Å². The second kappa shape index (κ2) is 5.10. The van der Waals surface area contributed by atoms with Gasteiger partial charge in [0.15, 0.2) is 0 Å². The van der Waals surface area contributed by atoms with Gasteiger partial charge in [-0.3, -0.25) is 4.79 Å². The zero-order valence-electron chi connectivity index (χ0n) is 9.86. The molecule has 0 aliphatic rings. The summed E-state index contributed by atoms with van der Waals surface area (Å²) in [4.78, 5) is 11.9.